The van der Waals surface area contributed by atoms with Gasteiger partial charge in [0.05, 0.1) is 41.7 Å². The number of hydrogen-bond acceptors (Lipinski definition) is 5. The van der Waals surface area contributed by atoms with Crippen molar-refractivity contribution in [2.24, 2.45) is 0 Å². The van der Waals surface area contributed by atoms with Crippen molar-refractivity contribution >= 4 is 27.8 Å². The summed E-state index contributed by atoms with van der Waals surface area (Å²) < 4.78 is 7.12. The van der Waals surface area contributed by atoms with Crippen molar-refractivity contribution in [2.45, 2.75) is 33.4 Å². The smallest absolute Gasteiger partial charge is 0.343 e. The Morgan fingerprint density at radius 2 is 1.93 bits per heavy atom. The maximum atomic E-state index is 13.3. The number of pyridine rings is 2. The molecule has 1 aliphatic rings. The number of carbonyl (C=O) groups excluding carboxylic acids is 1. The standard InChI is InChI=1S/C22H21N5O2/c1-12-8-9-15-18(23-12)10-29-11-19(15)25-22(28)27-21-16-6-4-5-7-17(16)24-13(2)20(21)14(3)26-27/h4-9,19H,10-11H2,1-3H3,(H,25,28). The molecule has 7 nitrogen and oxygen atoms in total. The Labute approximate surface area is 167 Å². The predicted octanol–water partition coefficient (Wildman–Crippen LogP) is 3.73. The fourth-order valence-corrected chi connectivity index (χ4v) is 4.11. The van der Waals surface area contributed by atoms with Crippen LogP contribution in [0.25, 0.3) is 21.8 Å². The van der Waals surface area contributed by atoms with Gasteiger partial charge in [0.2, 0.25) is 0 Å². The summed E-state index contributed by atoms with van der Waals surface area (Å²) in [5.41, 5.74) is 6.06. The topological polar surface area (TPSA) is 81.9 Å². The third-order valence-electron chi connectivity index (χ3n) is 5.41. The van der Waals surface area contributed by atoms with Gasteiger partial charge < -0.3 is 10.1 Å². The van der Waals surface area contributed by atoms with Crippen LogP contribution in [-0.4, -0.2) is 32.4 Å². The fraction of sp³-hybridized carbons (Fsp3) is 0.273. The quantitative estimate of drug-likeness (QED) is 0.538. The average molecular weight is 387 g/mol. The third kappa shape index (κ3) is 2.86. The lowest BCUT2D eigenvalue weighted by atomic mass is 10.0. The Morgan fingerprint density at radius 1 is 1.10 bits per heavy atom. The molecule has 146 valence electrons. The van der Waals surface area contributed by atoms with Gasteiger partial charge in [0, 0.05) is 27.7 Å². The van der Waals surface area contributed by atoms with Gasteiger partial charge in [-0.15, -0.1) is 0 Å². The first-order valence-corrected chi connectivity index (χ1v) is 9.62. The van der Waals surface area contributed by atoms with Gasteiger partial charge in [-0.2, -0.15) is 9.78 Å². The molecule has 0 saturated carbocycles. The number of nitrogens with one attached hydrogen (secondary N) is 1. The van der Waals surface area contributed by atoms with E-state index in [0.29, 0.717) is 13.2 Å². The van der Waals surface area contributed by atoms with Crippen molar-refractivity contribution in [3.63, 3.8) is 0 Å². The lowest BCUT2D eigenvalue weighted by Gasteiger charge is -2.26. The molecule has 5 rings (SSSR count). The van der Waals surface area contributed by atoms with Gasteiger partial charge >= 0.3 is 6.03 Å². The predicted molar refractivity (Wildman–Crippen MR) is 110 cm³/mol. The number of aromatic nitrogens is 4. The molecule has 4 aromatic rings. The summed E-state index contributed by atoms with van der Waals surface area (Å²) in [6.07, 6.45) is 0. The summed E-state index contributed by atoms with van der Waals surface area (Å²) in [6, 6.07) is 11.2. The first-order valence-electron chi connectivity index (χ1n) is 9.62. The van der Waals surface area contributed by atoms with Crippen molar-refractivity contribution in [3.05, 3.63) is 64.7 Å². The van der Waals surface area contributed by atoms with Crippen molar-refractivity contribution in [3.8, 4) is 0 Å². The number of amides is 1. The Hall–Kier alpha value is -3.32. The monoisotopic (exact) mass is 387 g/mol. The van der Waals surface area contributed by atoms with Crippen LogP contribution in [0.1, 0.15) is 34.4 Å². The van der Waals surface area contributed by atoms with Gasteiger partial charge in [-0.05, 0) is 32.9 Å². The van der Waals surface area contributed by atoms with Crippen LogP contribution in [-0.2, 0) is 11.3 Å². The molecule has 1 amide bonds. The summed E-state index contributed by atoms with van der Waals surface area (Å²) in [7, 11) is 0. The minimum atomic E-state index is -0.291. The maximum Gasteiger partial charge on any atom is 0.343 e. The zero-order valence-electron chi connectivity index (χ0n) is 16.6. The van der Waals surface area contributed by atoms with Crippen LogP contribution in [0, 0.1) is 20.8 Å². The summed E-state index contributed by atoms with van der Waals surface area (Å²) >= 11 is 0. The third-order valence-corrected chi connectivity index (χ3v) is 5.41. The van der Waals surface area contributed by atoms with E-state index >= 15 is 0 Å². The Morgan fingerprint density at radius 3 is 2.79 bits per heavy atom. The van der Waals surface area contributed by atoms with Gasteiger partial charge in [0.25, 0.3) is 0 Å². The molecule has 0 radical (unpaired) electrons. The first-order chi connectivity index (χ1) is 14.0. The zero-order valence-corrected chi connectivity index (χ0v) is 16.6. The molecule has 0 spiro atoms. The Balaban J connectivity index is 1.60. The number of rotatable bonds is 1. The molecule has 3 aromatic heterocycles. The molecule has 1 atom stereocenters. The Kier molecular flexibility index (Phi) is 4.06. The summed E-state index contributed by atoms with van der Waals surface area (Å²) in [5, 5.41) is 9.44. The molecule has 0 bridgehead atoms. The largest absolute Gasteiger partial charge is 0.373 e. The number of ether oxygens (including phenoxy) is 1. The lowest BCUT2D eigenvalue weighted by molar-refractivity contribution is 0.0812. The second kappa shape index (κ2) is 6.63. The van der Waals surface area contributed by atoms with Crippen molar-refractivity contribution in [2.75, 3.05) is 6.61 Å². The van der Waals surface area contributed by atoms with Crippen LogP contribution in [0.3, 0.4) is 0 Å². The second-order valence-corrected chi connectivity index (χ2v) is 7.44. The van der Waals surface area contributed by atoms with E-state index in [-0.39, 0.29) is 12.1 Å². The lowest BCUT2D eigenvalue weighted by Crippen LogP contribution is -2.37. The van der Waals surface area contributed by atoms with E-state index in [2.05, 4.69) is 20.4 Å². The molecular weight excluding hydrogens is 366 g/mol. The van der Waals surface area contributed by atoms with Gasteiger partial charge in [-0.25, -0.2) is 4.79 Å². The number of benzene rings is 1. The average Bonchev–Trinajstić information content (AvgIpc) is 3.06. The highest BCUT2D eigenvalue weighted by Gasteiger charge is 2.26. The molecule has 4 heterocycles. The van der Waals surface area contributed by atoms with Crippen LogP contribution in [0.2, 0.25) is 0 Å². The van der Waals surface area contributed by atoms with Crippen LogP contribution in [0.4, 0.5) is 4.79 Å². The molecule has 1 N–H and O–H groups in total. The fourth-order valence-electron chi connectivity index (χ4n) is 4.11. The highest BCUT2D eigenvalue weighted by atomic mass is 16.5. The van der Waals surface area contributed by atoms with Gasteiger partial charge in [0.1, 0.15) is 0 Å². The SMILES string of the molecule is Cc1ccc2c(n1)COCC2NC(=O)n1nc(C)c2c(C)nc3ccccc3c21. The van der Waals surface area contributed by atoms with Crippen molar-refractivity contribution in [1.82, 2.24) is 25.1 Å². The number of fused-ring (bicyclic) bond motifs is 4. The highest BCUT2D eigenvalue weighted by molar-refractivity contribution is 6.08. The van der Waals surface area contributed by atoms with E-state index in [1.807, 2.05) is 57.2 Å². The molecule has 7 heteroatoms. The molecule has 1 unspecified atom stereocenters. The molecule has 0 aliphatic carbocycles. The van der Waals surface area contributed by atoms with E-state index in [1.165, 1.54) is 4.68 Å². The molecule has 0 saturated heterocycles. The van der Waals surface area contributed by atoms with E-state index < -0.39 is 0 Å². The van der Waals surface area contributed by atoms with Gasteiger partial charge in [0.15, 0.2) is 0 Å². The van der Waals surface area contributed by atoms with E-state index in [9.17, 15) is 4.79 Å². The second-order valence-electron chi connectivity index (χ2n) is 7.44. The number of carbonyl (C=O) groups is 1. The number of aryl methyl sites for hydroxylation is 3. The Bertz CT molecular complexity index is 1280. The van der Waals surface area contributed by atoms with Crippen LogP contribution >= 0.6 is 0 Å². The van der Waals surface area contributed by atoms with Gasteiger partial charge in [-0.3, -0.25) is 9.97 Å². The van der Waals surface area contributed by atoms with E-state index in [4.69, 9.17) is 4.74 Å². The first kappa shape index (κ1) is 17.8. The number of para-hydroxylation sites is 1. The highest BCUT2D eigenvalue weighted by Crippen LogP contribution is 2.29. The minimum absolute atomic E-state index is 0.270. The molecular formula is C22H21N5O2. The molecule has 1 aromatic carbocycles. The molecule has 1 aliphatic heterocycles. The van der Waals surface area contributed by atoms with Crippen LogP contribution in [0.15, 0.2) is 36.4 Å². The zero-order chi connectivity index (χ0) is 20.1. The summed E-state index contributed by atoms with van der Waals surface area (Å²) in [6.45, 7) is 6.67. The van der Waals surface area contributed by atoms with Gasteiger partial charge in [-0.1, -0.05) is 24.3 Å². The number of nitrogens with zero attached hydrogens (tertiary/aromatic N) is 4. The van der Waals surface area contributed by atoms with Crippen LogP contribution < -0.4 is 5.32 Å². The van der Waals surface area contributed by atoms with E-state index in [0.717, 1.165) is 50.1 Å². The maximum absolute atomic E-state index is 13.3. The van der Waals surface area contributed by atoms with E-state index in [1.54, 1.807) is 0 Å². The molecule has 0 fully saturated rings. The van der Waals surface area contributed by atoms with Crippen molar-refractivity contribution in [1.29, 1.82) is 0 Å². The number of hydrogen-bond donors (Lipinski definition) is 1. The normalized spacial score (nSPS) is 16.2. The minimum Gasteiger partial charge on any atom is -0.373 e. The van der Waals surface area contributed by atoms with Crippen molar-refractivity contribution < 1.29 is 9.53 Å². The summed E-state index contributed by atoms with van der Waals surface area (Å²) in [4.78, 5) is 22.5. The summed E-state index contributed by atoms with van der Waals surface area (Å²) in [5.74, 6) is 0. The van der Waals surface area contributed by atoms with Crippen LogP contribution in [0.5, 0.6) is 0 Å². The molecule has 29 heavy (non-hydrogen) atoms.